The number of fused-ring (bicyclic) bond motifs is 1. The predicted octanol–water partition coefficient (Wildman–Crippen LogP) is 5.88. The van der Waals surface area contributed by atoms with E-state index in [2.05, 4.69) is 17.1 Å². The number of halogens is 1. The van der Waals surface area contributed by atoms with Crippen LogP contribution in [0.25, 0.3) is 22.0 Å². The van der Waals surface area contributed by atoms with Crippen LogP contribution in [0.4, 0.5) is 0 Å². The lowest BCUT2D eigenvalue weighted by Crippen LogP contribution is -2.17. The topological polar surface area (TPSA) is 49.0 Å². The average Bonchev–Trinajstić information content (AvgIpc) is 3.35. The van der Waals surface area contributed by atoms with E-state index < -0.39 is 0 Å². The Balaban J connectivity index is 1.57. The number of ether oxygens (including phenoxy) is 1. The second-order valence-corrected chi connectivity index (χ2v) is 8.36. The van der Waals surface area contributed by atoms with Crippen LogP contribution in [0.1, 0.15) is 11.7 Å². The van der Waals surface area contributed by atoms with E-state index in [0.29, 0.717) is 17.3 Å². The van der Waals surface area contributed by atoms with Gasteiger partial charge >= 0.3 is 0 Å². The number of benzene rings is 3. The van der Waals surface area contributed by atoms with Crippen molar-refractivity contribution >= 4 is 22.5 Å². The summed E-state index contributed by atoms with van der Waals surface area (Å²) in [5, 5.41) is 1.59. The van der Waals surface area contributed by atoms with E-state index >= 15 is 0 Å². The van der Waals surface area contributed by atoms with Gasteiger partial charge in [-0.25, -0.2) is 4.98 Å². The molecule has 2 aromatic heterocycles. The summed E-state index contributed by atoms with van der Waals surface area (Å²) >= 11 is 6.21. The van der Waals surface area contributed by atoms with E-state index in [0.717, 1.165) is 27.6 Å². The Morgan fingerprint density at radius 1 is 1.00 bits per heavy atom. The van der Waals surface area contributed by atoms with Crippen molar-refractivity contribution in [1.29, 1.82) is 0 Å². The van der Waals surface area contributed by atoms with Crippen LogP contribution in [0.15, 0.2) is 102 Å². The molecule has 2 heterocycles. The van der Waals surface area contributed by atoms with Crippen molar-refractivity contribution in [2.75, 3.05) is 0 Å². The van der Waals surface area contributed by atoms with Crippen molar-refractivity contribution in [3.8, 4) is 16.9 Å². The van der Waals surface area contributed by atoms with Crippen molar-refractivity contribution in [3.63, 3.8) is 0 Å². The van der Waals surface area contributed by atoms with Gasteiger partial charge in [-0.05, 0) is 41.0 Å². The number of imidazole rings is 1. The Kier molecular flexibility index (Phi) is 5.71. The van der Waals surface area contributed by atoms with Crippen molar-refractivity contribution < 1.29 is 4.74 Å². The summed E-state index contributed by atoms with van der Waals surface area (Å²) in [4.78, 5) is 16.9. The van der Waals surface area contributed by atoms with Gasteiger partial charge in [0.2, 0.25) is 0 Å². The van der Waals surface area contributed by atoms with Crippen LogP contribution in [0.2, 0.25) is 5.02 Å². The van der Waals surface area contributed by atoms with E-state index in [1.807, 2.05) is 71.4 Å². The zero-order valence-electron chi connectivity index (χ0n) is 18.1. The molecule has 5 nitrogen and oxygen atoms in total. The van der Waals surface area contributed by atoms with Crippen LogP contribution in [-0.2, 0) is 13.6 Å². The van der Waals surface area contributed by atoms with E-state index in [1.165, 1.54) is 0 Å². The molecule has 6 heteroatoms. The number of hydrogen-bond acceptors (Lipinski definition) is 3. The normalized spacial score (nSPS) is 12.1. The first-order chi connectivity index (χ1) is 16.1. The standard InChI is InChI=1S/C27H22ClN3O2/c1-30-25-15-22(33-26(17-31-13-12-29-18-31)19-6-3-2-4-7-19)10-11-23(25)24(16-27(30)32)20-8-5-9-21(28)14-20/h2-16,18,26H,17H2,1H3. The predicted molar refractivity (Wildman–Crippen MR) is 132 cm³/mol. The molecule has 0 aliphatic heterocycles. The lowest BCUT2D eigenvalue weighted by atomic mass is 10.0. The fraction of sp³-hybridized carbons (Fsp3) is 0.111. The highest BCUT2D eigenvalue weighted by atomic mass is 35.5. The fourth-order valence-electron chi connectivity index (χ4n) is 4.03. The third-order valence-corrected chi connectivity index (χ3v) is 5.98. The van der Waals surface area contributed by atoms with Gasteiger partial charge in [0.15, 0.2) is 0 Å². The zero-order chi connectivity index (χ0) is 22.8. The highest BCUT2D eigenvalue weighted by Crippen LogP contribution is 2.32. The molecule has 0 fully saturated rings. The van der Waals surface area contributed by atoms with E-state index in [-0.39, 0.29) is 11.7 Å². The minimum Gasteiger partial charge on any atom is -0.484 e. The van der Waals surface area contributed by atoms with Gasteiger partial charge in [0.1, 0.15) is 11.9 Å². The summed E-state index contributed by atoms with van der Waals surface area (Å²) in [6.45, 7) is 0.615. The second kappa shape index (κ2) is 8.96. The molecule has 0 bridgehead atoms. The molecule has 0 N–H and O–H groups in total. The van der Waals surface area contributed by atoms with Crippen LogP contribution in [0, 0.1) is 0 Å². The van der Waals surface area contributed by atoms with Crippen molar-refractivity contribution in [3.05, 3.63) is 119 Å². The highest BCUT2D eigenvalue weighted by Gasteiger charge is 2.16. The van der Waals surface area contributed by atoms with Crippen molar-refractivity contribution in [2.24, 2.45) is 7.05 Å². The van der Waals surface area contributed by atoms with Crippen LogP contribution in [0.5, 0.6) is 5.75 Å². The van der Waals surface area contributed by atoms with Gasteiger partial charge in [-0.1, -0.05) is 54.1 Å². The first-order valence-corrected chi connectivity index (χ1v) is 11.0. The number of rotatable bonds is 6. The lowest BCUT2D eigenvalue weighted by molar-refractivity contribution is 0.183. The first-order valence-electron chi connectivity index (χ1n) is 10.7. The van der Waals surface area contributed by atoms with Crippen LogP contribution in [0.3, 0.4) is 0 Å². The molecule has 164 valence electrons. The Morgan fingerprint density at radius 2 is 1.85 bits per heavy atom. The van der Waals surface area contributed by atoms with Crippen LogP contribution >= 0.6 is 11.6 Å². The van der Waals surface area contributed by atoms with Gasteiger partial charge in [-0.15, -0.1) is 0 Å². The molecular weight excluding hydrogens is 434 g/mol. The molecule has 0 saturated carbocycles. The summed E-state index contributed by atoms with van der Waals surface area (Å²) in [5.74, 6) is 0.690. The summed E-state index contributed by atoms with van der Waals surface area (Å²) < 4.78 is 10.1. The minimum atomic E-state index is -0.217. The summed E-state index contributed by atoms with van der Waals surface area (Å²) in [6.07, 6.45) is 5.23. The Bertz CT molecular complexity index is 1460. The maximum atomic E-state index is 12.8. The summed E-state index contributed by atoms with van der Waals surface area (Å²) in [5.41, 5.74) is 3.52. The molecule has 0 saturated heterocycles. The number of nitrogens with zero attached hydrogens (tertiary/aromatic N) is 3. The van der Waals surface area contributed by atoms with Gasteiger partial charge in [0.05, 0.1) is 18.4 Å². The number of pyridine rings is 1. The second-order valence-electron chi connectivity index (χ2n) is 7.92. The van der Waals surface area contributed by atoms with Crippen LogP contribution in [-0.4, -0.2) is 14.1 Å². The van der Waals surface area contributed by atoms with Crippen LogP contribution < -0.4 is 10.3 Å². The monoisotopic (exact) mass is 455 g/mol. The minimum absolute atomic E-state index is 0.0901. The van der Waals surface area contributed by atoms with Gasteiger partial charge in [0, 0.05) is 42.0 Å². The maximum absolute atomic E-state index is 12.8. The average molecular weight is 456 g/mol. The van der Waals surface area contributed by atoms with Gasteiger partial charge in [0.25, 0.3) is 5.56 Å². The van der Waals surface area contributed by atoms with E-state index in [4.69, 9.17) is 16.3 Å². The molecular formula is C27H22ClN3O2. The highest BCUT2D eigenvalue weighted by molar-refractivity contribution is 6.30. The SMILES string of the molecule is Cn1c(=O)cc(-c2cccc(Cl)c2)c2ccc(OC(Cn3ccnc3)c3ccccc3)cc21. The largest absolute Gasteiger partial charge is 0.484 e. The van der Waals surface area contributed by atoms with Crippen molar-refractivity contribution in [2.45, 2.75) is 12.6 Å². The smallest absolute Gasteiger partial charge is 0.251 e. The molecule has 33 heavy (non-hydrogen) atoms. The van der Waals surface area contributed by atoms with E-state index in [1.54, 1.807) is 30.2 Å². The quantitative estimate of drug-likeness (QED) is 0.321. The molecule has 1 unspecified atom stereocenters. The van der Waals surface area contributed by atoms with Gasteiger partial charge < -0.3 is 13.9 Å². The molecule has 5 aromatic rings. The van der Waals surface area contributed by atoms with Crippen molar-refractivity contribution in [1.82, 2.24) is 14.1 Å². The third-order valence-electron chi connectivity index (χ3n) is 5.74. The third kappa shape index (κ3) is 4.41. The maximum Gasteiger partial charge on any atom is 0.251 e. The van der Waals surface area contributed by atoms with Gasteiger partial charge in [-0.2, -0.15) is 0 Å². The Morgan fingerprint density at radius 3 is 2.61 bits per heavy atom. The van der Waals surface area contributed by atoms with E-state index in [9.17, 15) is 4.79 Å². The molecule has 0 spiro atoms. The zero-order valence-corrected chi connectivity index (χ0v) is 18.8. The molecule has 0 aliphatic carbocycles. The van der Waals surface area contributed by atoms with Gasteiger partial charge in [-0.3, -0.25) is 4.79 Å². The molecule has 0 radical (unpaired) electrons. The first kappa shape index (κ1) is 21.0. The molecule has 0 aliphatic rings. The number of hydrogen-bond donors (Lipinski definition) is 0. The summed E-state index contributed by atoms with van der Waals surface area (Å²) in [7, 11) is 1.77. The molecule has 5 rings (SSSR count). The number of aromatic nitrogens is 3. The number of aryl methyl sites for hydroxylation is 1. The summed E-state index contributed by atoms with van der Waals surface area (Å²) in [6, 6.07) is 25.2. The fourth-order valence-corrected chi connectivity index (χ4v) is 4.22. The molecule has 1 atom stereocenters. The molecule has 0 amide bonds. The molecule has 3 aromatic carbocycles. The Hall–Kier alpha value is -3.83. The lowest BCUT2D eigenvalue weighted by Gasteiger charge is -2.21. The Labute approximate surface area is 196 Å².